The summed E-state index contributed by atoms with van der Waals surface area (Å²) in [5.74, 6) is -0.519. The highest BCUT2D eigenvalue weighted by Crippen LogP contribution is 2.34. The molecule has 0 fully saturated rings. The van der Waals surface area contributed by atoms with Crippen molar-refractivity contribution in [2.75, 3.05) is 0 Å². The zero-order valence-corrected chi connectivity index (χ0v) is 18.0. The molecule has 0 N–H and O–H groups in total. The van der Waals surface area contributed by atoms with E-state index in [4.69, 9.17) is 4.74 Å². The fraction of sp³-hybridized carbons (Fsp3) is 0.185. The van der Waals surface area contributed by atoms with Crippen LogP contribution < -0.4 is 4.74 Å². The van der Waals surface area contributed by atoms with E-state index < -0.39 is 5.97 Å². The summed E-state index contributed by atoms with van der Waals surface area (Å²) >= 11 is 0. The van der Waals surface area contributed by atoms with Gasteiger partial charge < -0.3 is 9.30 Å². The number of benzene rings is 3. The molecule has 0 aliphatic rings. The number of ether oxygens (including phenoxy) is 1. The normalized spacial score (nSPS) is 11.5. The minimum absolute atomic E-state index is 0.0906. The van der Waals surface area contributed by atoms with Crippen LogP contribution >= 0.6 is 0 Å². The second-order valence-corrected chi connectivity index (χ2v) is 8.71. The van der Waals surface area contributed by atoms with Gasteiger partial charge in [-0.15, -0.1) is 0 Å². The van der Waals surface area contributed by atoms with Crippen LogP contribution in [0.25, 0.3) is 22.0 Å². The zero-order chi connectivity index (χ0) is 22.0. The van der Waals surface area contributed by atoms with Crippen molar-refractivity contribution in [2.45, 2.75) is 32.7 Å². The third kappa shape index (κ3) is 4.43. The van der Waals surface area contributed by atoms with Gasteiger partial charge in [0.15, 0.2) is 5.75 Å². The molecule has 0 atom stereocenters. The molecule has 31 heavy (non-hydrogen) atoms. The van der Waals surface area contributed by atoms with Gasteiger partial charge in [0.05, 0.1) is 5.52 Å². The predicted molar refractivity (Wildman–Crippen MR) is 123 cm³/mol. The first-order valence-electron chi connectivity index (χ1n) is 10.3. The maximum atomic E-state index is 11.7. The summed E-state index contributed by atoms with van der Waals surface area (Å²) in [5, 5.41) is 0.795. The van der Waals surface area contributed by atoms with Gasteiger partial charge in [-0.3, -0.25) is 4.79 Å². The van der Waals surface area contributed by atoms with Crippen LogP contribution in [0.4, 0.5) is 0 Å². The van der Waals surface area contributed by atoms with Crippen molar-refractivity contribution in [3.8, 4) is 16.9 Å². The van der Waals surface area contributed by atoms with Crippen LogP contribution in [0.1, 0.15) is 31.9 Å². The van der Waals surface area contributed by atoms with Crippen molar-refractivity contribution in [1.29, 1.82) is 0 Å². The van der Waals surface area contributed by atoms with E-state index in [1.54, 1.807) is 6.20 Å². The van der Waals surface area contributed by atoms with Crippen molar-refractivity contribution in [2.24, 2.45) is 0 Å². The van der Waals surface area contributed by atoms with Gasteiger partial charge in [-0.1, -0.05) is 81.4 Å². The number of aromatic nitrogens is 1. The molecule has 0 aliphatic carbocycles. The third-order valence-corrected chi connectivity index (χ3v) is 5.43. The Morgan fingerprint density at radius 1 is 0.935 bits per heavy atom. The lowest BCUT2D eigenvalue weighted by Gasteiger charge is -2.19. The molecule has 4 rings (SSSR count). The molecule has 0 aliphatic heterocycles. The van der Waals surface area contributed by atoms with Gasteiger partial charge in [0.1, 0.15) is 0 Å². The van der Waals surface area contributed by atoms with E-state index in [1.807, 2.05) is 47.0 Å². The van der Waals surface area contributed by atoms with Gasteiger partial charge in [-0.2, -0.15) is 0 Å². The molecule has 1 heterocycles. The van der Waals surface area contributed by atoms with Gasteiger partial charge in [-0.25, -0.2) is 4.79 Å². The minimum atomic E-state index is -0.904. The molecular formula is C27H25NO3. The Morgan fingerprint density at radius 2 is 1.61 bits per heavy atom. The van der Waals surface area contributed by atoms with Crippen molar-refractivity contribution in [3.05, 3.63) is 90.1 Å². The van der Waals surface area contributed by atoms with Crippen molar-refractivity contribution >= 4 is 23.2 Å². The second kappa shape index (κ2) is 8.23. The molecule has 0 radical (unpaired) electrons. The SMILES string of the molecule is CC(C)(C)c1ccc(-c2ccc3c(c2)c(OC(=O)C=O)cn3Cc2ccccc2)cc1. The molecule has 3 aromatic carbocycles. The van der Waals surface area contributed by atoms with Crippen LogP contribution in [-0.4, -0.2) is 16.8 Å². The first-order valence-corrected chi connectivity index (χ1v) is 10.3. The fourth-order valence-corrected chi connectivity index (χ4v) is 3.73. The van der Waals surface area contributed by atoms with Crippen LogP contribution in [0.5, 0.6) is 5.75 Å². The summed E-state index contributed by atoms with van der Waals surface area (Å²) < 4.78 is 7.35. The van der Waals surface area contributed by atoms with Crippen LogP contribution in [0.3, 0.4) is 0 Å². The van der Waals surface area contributed by atoms with Gasteiger partial charge in [0, 0.05) is 18.1 Å². The third-order valence-electron chi connectivity index (χ3n) is 5.43. The van der Waals surface area contributed by atoms with Crippen molar-refractivity contribution in [3.63, 3.8) is 0 Å². The van der Waals surface area contributed by atoms with E-state index in [2.05, 4.69) is 51.1 Å². The number of nitrogens with zero attached hydrogens (tertiary/aromatic N) is 1. The Balaban J connectivity index is 1.77. The molecule has 0 saturated heterocycles. The number of carbonyl (C=O) groups excluding carboxylic acids is 2. The van der Waals surface area contributed by atoms with E-state index in [0.717, 1.165) is 27.6 Å². The summed E-state index contributed by atoms with van der Waals surface area (Å²) in [6, 6.07) is 24.7. The van der Waals surface area contributed by atoms with Gasteiger partial charge >= 0.3 is 5.97 Å². The maximum absolute atomic E-state index is 11.7. The number of carbonyl (C=O) groups is 2. The molecule has 0 bridgehead atoms. The molecule has 4 heteroatoms. The lowest BCUT2D eigenvalue weighted by atomic mass is 9.86. The first kappa shape index (κ1) is 20.6. The number of fused-ring (bicyclic) bond motifs is 1. The standard InChI is InChI=1S/C27H25NO3/c1-27(2,3)22-12-9-20(10-13-22)21-11-14-24-23(15-21)25(31-26(30)18-29)17-28(24)16-19-7-5-4-6-8-19/h4-15,17-18H,16H2,1-3H3. The largest absolute Gasteiger partial charge is 0.419 e. The highest BCUT2D eigenvalue weighted by atomic mass is 16.5. The minimum Gasteiger partial charge on any atom is -0.419 e. The molecule has 4 aromatic rings. The van der Waals surface area contributed by atoms with Gasteiger partial charge in [0.2, 0.25) is 6.29 Å². The maximum Gasteiger partial charge on any atom is 0.376 e. The van der Waals surface area contributed by atoms with E-state index in [1.165, 1.54) is 5.56 Å². The molecule has 0 unspecified atom stereocenters. The quantitative estimate of drug-likeness (QED) is 0.238. The number of esters is 1. The van der Waals surface area contributed by atoms with Crippen molar-refractivity contribution < 1.29 is 14.3 Å². The average Bonchev–Trinajstić information content (AvgIpc) is 3.10. The number of hydrogen-bond acceptors (Lipinski definition) is 3. The van der Waals surface area contributed by atoms with Crippen LogP contribution in [0, 0.1) is 0 Å². The zero-order valence-electron chi connectivity index (χ0n) is 18.0. The lowest BCUT2D eigenvalue weighted by Crippen LogP contribution is -2.10. The summed E-state index contributed by atoms with van der Waals surface area (Å²) in [7, 11) is 0. The summed E-state index contributed by atoms with van der Waals surface area (Å²) in [4.78, 5) is 22.5. The average molecular weight is 412 g/mol. The van der Waals surface area contributed by atoms with Gasteiger partial charge in [0.25, 0.3) is 0 Å². The predicted octanol–water partition coefficient (Wildman–Crippen LogP) is 5.76. The van der Waals surface area contributed by atoms with Crippen LogP contribution in [0.15, 0.2) is 79.0 Å². The van der Waals surface area contributed by atoms with Crippen LogP contribution in [-0.2, 0) is 21.5 Å². The van der Waals surface area contributed by atoms with E-state index in [0.29, 0.717) is 12.3 Å². The Labute approximate surface area is 182 Å². The van der Waals surface area contributed by atoms with E-state index in [9.17, 15) is 9.59 Å². The first-order chi connectivity index (χ1) is 14.8. The Bertz CT molecular complexity index is 1230. The van der Waals surface area contributed by atoms with Gasteiger partial charge in [-0.05, 0) is 39.8 Å². The number of aldehydes is 1. The Kier molecular flexibility index (Phi) is 5.47. The molecule has 0 spiro atoms. The van der Waals surface area contributed by atoms with Crippen LogP contribution in [0.2, 0.25) is 0 Å². The summed E-state index contributed by atoms with van der Waals surface area (Å²) in [6.07, 6.45) is 1.97. The highest BCUT2D eigenvalue weighted by molar-refractivity contribution is 6.21. The van der Waals surface area contributed by atoms with E-state index in [-0.39, 0.29) is 11.7 Å². The number of rotatable bonds is 5. The smallest absolute Gasteiger partial charge is 0.376 e. The Hall–Kier alpha value is -3.66. The lowest BCUT2D eigenvalue weighted by molar-refractivity contribution is -0.141. The molecular weight excluding hydrogens is 386 g/mol. The Morgan fingerprint density at radius 3 is 2.26 bits per heavy atom. The summed E-state index contributed by atoms with van der Waals surface area (Å²) in [6.45, 7) is 7.21. The molecule has 1 aromatic heterocycles. The molecule has 156 valence electrons. The molecule has 0 saturated carbocycles. The molecule has 4 nitrogen and oxygen atoms in total. The number of hydrogen-bond donors (Lipinski definition) is 0. The summed E-state index contributed by atoms with van der Waals surface area (Å²) in [5.41, 5.74) is 5.54. The molecule has 0 amide bonds. The highest BCUT2D eigenvalue weighted by Gasteiger charge is 2.16. The van der Waals surface area contributed by atoms with E-state index >= 15 is 0 Å². The monoisotopic (exact) mass is 411 g/mol. The second-order valence-electron chi connectivity index (χ2n) is 8.71. The van der Waals surface area contributed by atoms with Crippen molar-refractivity contribution in [1.82, 2.24) is 4.57 Å². The topological polar surface area (TPSA) is 48.3 Å². The fourth-order valence-electron chi connectivity index (χ4n) is 3.73.